The number of nitrogens with zero attached hydrogens (tertiary/aromatic N) is 1. The third kappa shape index (κ3) is 3.88. The van der Waals surface area contributed by atoms with Crippen LogP contribution in [0.1, 0.15) is 11.3 Å². The van der Waals surface area contributed by atoms with E-state index in [1.165, 1.54) is 18.4 Å². The molecule has 0 saturated carbocycles. The topological polar surface area (TPSA) is 98.2 Å². The monoisotopic (exact) mass is 309 g/mol. The average Bonchev–Trinajstić information content (AvgIpc) is 2.96. The number of benzene rings is 1. The molecule has 0 amide bonds. The summed E-state index contributed by atoms with van der Waals surface area (Å²) >= 11 is 0. The molecule has 0 spiro atoms. The number of halogens is 1. The summed E-state index contributed by atoms with van der Waals surface area (Å²) < 4.78 is 44.7. The summed E-state index contributed by atoms with van der Waals surface area (Å²) in [6.07, 6.45) is 1.31. The lowest BCUT2D eigenvalue weighted by molar-refractivity contribution is 0.411. The summed E-state index contributed by atoms with van der Waals surface area (Å²) in [5.41, 5.74) is 5.96. The van der Waals surface area contributed by atoms with Crippen molar-refractivity contribution in [2.75, 3.05) is 6.54 Å². The number of sulfonamides is 1. The van der Waals surface area contributed by atoms with Crippen LogP contribution in [0, 0.1) is 17.7 Å². The van der Waals surface area contributed by atoms with Crippen LogP contribution < -0.4 is 10.5 Å². The summed E-state index contributed by atoms with van der Waals surface area (Å²) in [5.74, 6) is 4.30. The van der Waals surface area contributed by atoms with Crippen molar-refractivity contribution in [2.24, 2.45) is 5.73 Å². The van der Waals surface area contributed by atoms with Crippen molar-refractivity contribution in [3.63, 3.8) is 0 Å². The van der Waals surface area contributed by atoms with Crippen molar-refractivity contribution < 1.29 is 17.3 Å². The van der Waals surface area contributed by atoms with Crippen LogP contribution in [0.3, 0.4) is 0 Å². The molecule has 0 bridgehead atoms. The predicted octanol–water partition coefficient (Wildman–Crippen LogP) is 0.602. The Labute approximate surface area is 121 Å². The maximum atomic E-state index is 13.9. The van der Waals surface area contributed by atoms with Crippen molar-refractivity contribution in [3.8, 4) is 11.8 Å². The number of hydrogen-bond acceptors (Lipinski definition) is 5. The molecule has 0 aliphatic carbocycles. The molecule has 0 radical (unpaired) electrons. The van der Waals surface area contributed by atoms with Crippen LogP contribution in [-0.4, -0.2) is 20.1 Å². The van der Waals surface area contributed by atoms with Crippen molar-refractivity contribution in [1.82, 2.24) is 9.88 Å². The standard InChI is InChI=1S/C13H12FN3O3S/c14-12-8-10(2-1-6-15)3-4-13(12)21(18,19)16-9-11-5-7-20-17-11/h3-5,7-8,16H,6,9,15H2. The molecule has 2 rings (SSSR count). The van der Waals surface area contributed by atoms with Gasteiger partial charge in [-0.1, -0.05) is 17.0 Å². The van der Waals surface area contributed by atoms with E-state index in [1.54, 1.807) is 0 Å². The molecule has 1 aromatic carbocycles. The van der Waals surface area contributed by atoms with E-state index in [-0.39, 0.29) is 13.1 Å². The maximum absolute atomic E-state index is 13.9. The average molecular weight is 309 g/mol. The van der Waals surface area contributed by atoms with Crippen LogP contribution in [0.5, 0.6) is 0 Å². The molecular weight excluding hydrogens is 297 g/mol. The Balaban J connectivity index is 2.19. The highest BCUT2D eigenvalue weighted by Crippen LogP contribution is 2.16. The summed E-state index contributed by atoms with van der Waals surface area (Å²) in [6, 6.07) is 5.12. The smallest absolute Gasteiger partial charge is 0.243 e. The van der Waals surface area contributed by atoms with Gasteiger partial charge in [0.2, 0.25) is 10.0 Å². The van der Waals surface area contributed by atoms with E-state index in [0.29, 0.717) is 11.3 Å². The van der Waals surface area contributed by atoms with Gasteiger partial charge in [-0.2, -0.15) is 0 Å². The van der Waals surface area contributed by atoms with E-state index in [4.69, 9.17) is 5.73 Å². The third-order valence-electron chi connectivity index (χ3n) is 2.49. The third-order valence-corrected chi connectivity index (χ3v) is 3.93. The fraction of sp³-hybridized carbons (Fsp3) is 0.154. The summed E-state index contributed by atoms with van der Waals surface area (Å²) in [5, 5.41) is 3.56. The SMILES string of the molecule is NCC#Cc1ccc(S(=O)(=O)NCc2ccon2)c(F)c1. The van der Waals surface area contributed by atoms with Crippen molar-refractivity contribution in [1.29, 1.82) is 0 Å². The van der Waals surface area contributed by atoms with Crippen LogP contribution in [0.15, 0.2) is 39.9 Å². The van der Waals surface area contributed by atoms with Gasteiger partial charge in [0, 0.05) is 11.6 Å². The Bertz CT molecular complexity index is 777. The Morgan fingerprint density at radius 2 is 2.19 bits per heavy atom. The van der Waals surface area contributed by atoms with E-state index >= 15 is 0 Å². The molecule has 2 aromatic rings. The molecule has 1 aromatic heterocycles. The first-order chi connectivity index (χ1) is 10.0. The number of nitrogens with one attached hydrogen (secondary N) is 1. The van der Waals surface area contributed by atoms with Gasteiger partial charge in [-0.15, -0.1) is 0 Å². The lowest BCUT2D eigenvalue weighted by Crippen LogP contribution is -2.24. The zero-order valence-corrected chi connectivity index (χ0v) is 11.7. The molecular formula is C13H12FN3O3S. The molecule has 6 nitrogen and oxygen atoms in total. The van der Waals surface area contributed by atoms with Gasteiger partial charge in [0.1, 0.15) is 17.0 Å². The van der Waals surface area contributed by atoms with Gasteiger partial charge in [0.15, 0.2) is 0 Å². The second kappa shape index (κ2) is 6.49. The molecule has 0 unspecified atom stereocenters. The largest absolute Gasteiger partial charge is 0.364 e. The predicted molar refractivity (Wildman–Crippen MR) is 72.9 cm³/mol. The Kier molecular flexibility index (Phi) is 4.70. The highest BCUT2D eigenvalue weighted by molar-refractivity contribution is 7.89. The van der Waals surface area contributed by atoms with E-state index in [1.807, 2.05) is 0 Å². The minimum Gasteiger partial charge on any atom is -0.364 e. The van der Waals surface area contributed by atoms with Gasteiger partial charge in [0.25, 0.3) is 0 Å². The second-order valence-electron chi connectivity index (χ2n) is 3.97. The Morgan fingerprint density at radius 3 is 2.81 bits per heavy atom. The van der Waals surface area contributed by atoms with E-state index in [2.05, 4.69) is 26.2 Å². The molecule has 110 valence electrons. The van der Waals surface area contributed by atoms with Crippen LogP contribution in [0.25, 0.3) is 0 Å². The van der Waals surface area contributed by atoms with Gasteiger partial charge in [-0.3, -0.25) is 0 Å². The van der Waals surface area contributed by atoms with Crippen molar-refractivity contribution in [3.05, 3.63) is 47.6 Å². The summed E-state index contributed by atoms with van der Waals surface area (Å²) in [6.45, 7) is 0.0495. The number of aromatic nitrogens is 1. The lowest BCUT2D eigenvalue weighted by atomic mass is 10.2. The minimum atomic E-state index is -3.98. The Hall–Kier alpha value is -2.21. The molecule has 8 heteroatoms. The zero-order chi connectivity index (χ0) is 15.3. The highest BCUT2D eigenvalue weighted by Gasteiger charge is 2.19. The molecule has 0 atom stereocenters. The molecule has 0 saturated heterocycles. The first-order valence-corrected chi connectivity index (χ1v) is 7.38. The van der Waals surface area contributed by atoms with E-state index in [0.717, 1.165) is 12.1 Å². The van der Waals surface area contributed by atoms with Gasteiger partial charge in [-0.05, 0) is 18.2 Å². The van der Waals surface area contributed by atoms with Gasteiger partial charge >= 0.3 is 0 Å². The van der Waals surface area contributed by atoms with E-state index in [9.17, 15) is 12.8 Å². The molecule has 3 N–H and O–H groups in total. The quantitative estimate of drug-likeness (QED) is 0.806. The lowest BCUT2D eigenvalue weighted by Gasteiger charge is -2.06. The zero-order valence-electron chi connectivity index (χ0n) is 10.8. The van der Waals surface area contributed by atoms with Gasteiger partial charge < -0.3 is 10.3 Å². The van der Waals surface area contributed by atoms with Crippen LogP contribution >= 0.6 is 0 Å². The maximum Gasteiger partial charge on any atom is 0.243 e. The van der Waals surface area contributed by atoms with Gasteiger partial charge in [-0.25, -0.2) is 17.5 Å². The summed E-state index contributed by atoms with van der Waals surface area (Å²) in [7, 11) is -3.98. The van der Waals surface area contributed by atoms with Crippen molar-refractivity contribution in [2.45, 2.75) is 11.4 Å². The number of rotatable bonds is 4. The second-order valence-corrected chi connectivity index (χ2v) is 5.70. The Morgan fingerprint density at radius 1 is 1.38 bits per heavy atom. The molecule has 1 heterocycles. The minimum absolute atomic E-state index is 0.0903. The first-order valence-electron chi connectivity index (χ1n) is 5.90. The van der Waals surface area contributed by atoms with E-state index < -0.39 is 20.7 Å². The van der Waals surface area contributed by atoms with Crippen LogP contribution in [0.2, 0.25) is 0 Å². The normalized spacial score (nSPS) is 11.0. The fourth-order valence-corrected chi connectivity index (χ4v) is 2.58. The van der Waals surface area contributed by atoms with Crippen molar-refractivity contribution >= 4 is 10.0 Å². The molecule has 0 aliphatic heterocycles. The number of nitrogens with two attached hydrogens (primary N) is 1. The van der Waals surface area contributed by atoms with Crippen LogP contribution in [-0.2, 0) is 16.6 Å². The number of hydrogen-bond donors (Lipinski definition) is 2. The fourth-order valence-electron chi connectivity index (χ4n) is 1.53. The molecule has 21 heavy (non-hydrogen) atoms. The highest BCUT2D eigenvalue weighted by atomic mass is 32.2. The first kappa shape index (κ1) is 15.2. The van der Waals surface area contributed by atoms with Gasteiger partial charge in [0.05, 0.1) is 18.8 Å². The molecule has 0 fully saturated rings. The van der Waals surface area contributed by atoms with Crippen LogP contribution in [0.4, 0.5) is 4.39 Å². The summed E-state index contributed by atoms with van der Waals surface area (Å²) in [4.78, 5) is -0.454. The molecule has 0 aliphatic rings.